The molecule has 1 aliphatic heterocycles. The molecule has 0 amide bonds. The number of rotatable bonds is 1. The lowest BCUT2D eigenvalue weighted by Crippen LogP contribution is -2.28. The fraction of sp³-hybridized carbons (Fsp3) is 0.500. The number of carbonyl (C=O) groups is 1. The third-order valence-electron chi connectivity index (χ3n) is 2.72. The fourth-order valence-corrected chi connectivity index (χ4v) is 1.95. The topological polar surface area (TPSA) is 58.6 Å². The first-order valence-corrected chi connectivity index (χ1v) is 6.13. The van der Waals surface area contributed by atoms with Crippen molar-refractivity contribution in [1.29, 1.82) is 0 Å². The number of hydrogen-bond donors (Lipinski definition) is 2. The first-order valence-electron chi connectivity index (χ1n) is 6.13. The Morgan fingerprint density at radius 3 is 2.83 bits per heavy atom. The predicted molar refractivity (Wildman–Crippen MR) is 69.8 cm³/mol. The van der Waals surface area contributed by atoms with Gasteiger partial charge in [0, 0.05) is 18.7 Å². The summed E-state index contributed by atoms with van der Waals surface area (Å²) in [6, 6.07) is 5.40. The number of carbonyl (C=O) groups excluding carboxylic acids is 1. The third-order valence-corrected chi connectivity index (χ3v) is 2.72. The van der Waals surface area contributed by atoms with E-state index in [0.29, 0.717) is 18.5 Å². The summed E-state index contributed by atoms with van der Waals surface area (Å²) in [5, 5.41) is 12.7. The number of β-amino-alcohol motifs (C(OH)–C–C–N with tert-alkyl or cyclic N) is 1. The van der Waals surface area contributed by atoms with Crippen LogP contribution in [0.4, 0.5) is 5.69 Å². The molecule has 2 rings (SSSR count). The summed E-state index contributed by atoms with van der Waals surface area (Å²) in [4.78, 5) is 11.9. The van der Waals surface area contributed by atoms with Gasteiger partial charge in [-0.25, -0.2) is 4.79 Å². The standard InChI is InChI=1S/C14H19NO3/c1-14(2,3)18-13(17)9-4-5-12-10(6-9)7-11(16)8-15-12/h4-6,11,15-16H,7-8H2,1-3H3. The van der Waals surface area contributed by atoms with Crippen LogP contribution < -0.4 is 5.32 Å². The molecule has 1 aliphatic rings. The molecule has 18 heavy (non-hydrogen) atoms. The summed E-state index contributed by atoms with van der Waals surface area (Å²) in [5.41, 5.74) is 1.97. The van der Waals surface area contributed by atoms with E-state index in [9.17, 15) is 9.90 Å². The molecule has 0 saturated carbocycles. The van der Waals surface area contributed by atoms with Crippen molar-refractivity contribution in [3.63, 3.8) is 0 Å². The largest absolute Gasteiger partial charge is 0.456 e. The maximum atomic E-state index is 11.9. The average Bonchev–Trinajstić information content (AvgIpc) is 2.25. The molecular weight excluding hydrogens is 230 g/mol. The number of anilines is 1. The van der Waals surface area contributed by atoms with Gasteiger partial charge in [0.25, 0.3) is 0 Å². The first kappa shape index (κ1) is 12.9. The second-order valence-electron chi connectivity index (χ2n) is 5.61. The molecule has 98 valence electrons. The highest BCUT2D eigenvalue weighted by atomic mass is 16.6. The van der Waals surface area contributed by atoms with E-state index in [1.54, 1.807) is 12.1 Å². The van der Waals surface area contributed by atoms with Crippen molar-refractivity contribution in [2.24, 2.45) is 0 Å². The van der Waals surface area contributed by atoms with Gasteiger partial charge in [-0.05, 0) is 44.5 Å². The molecule has 1 atom stereocenters. The van der Waals surface area contributed by atoms with Crippen LogP contribution in [0.1, 0.15) is 36.7 Å². The summed E-state index contributed by atoms with van der Waals surface area (Å²) in [6.45, 7) is 6.08. The van der Waals surface area contributed by atoms with Crippen molar-refractivity contribution in [1.82, 2.24) is 0 Å². The van der Waals surface area contributed by atoms with Crippen LogP contribution in [0.25, 0.3) is 0 Å². The van der Waals surface area contributed by atoms with Gasteiger partial charge in [0.15, 0.2) is 0 Å². The molecular formula is C14H19NO3. The van der Waals surface area contributed by atoms with Gasteiger partial charge >= 0.3 is 5.97 Å². The molecule has 1 unspecified atom stereocenters. The zero-order valence-electron chi connectivity index (χ0n) is 11.0. The van der Waals surface area contributed by atoms with Crippen molar-refractivity contribution >= 4 is 11.7 Å². The van der Waals surface area contributed by atoms with E-state index in [1.807, 2.05) is 26.8 Å². The fourth-order valence-electron chi connectivity index (χ4n) is 1.95. The Hall–Kier alpha value is -1.55. The Labute approximate surface area is 107 Å². The van der Waals surface area contributed by atoms with Crippen LogP contribution in [0.5, 0.6) is 0 Å². The van der Waals surface area contributed by atoms with Crippen LogP contribution in [-0.2, 0) is 11.2 Å². The van der Waals surface area contributed by atoms with Crippen molar-refractivity contribution < 1.29 is 14.6 Å². The van der Waals surface area contributed by atoms with Crippen molar-refractivity contribution in [3.8, 4) is 0 Å². The predicted octanol–water partition coefficient (Wildman–Crippen LogP) is 1.97. The normalized spacial score (nSPS) is 18.8. The Morgan fingerprint density at radius 2 is 2.17 bits per heavy atom. The molecule has 0 radical (unpaired) electrons. The maximum absolute atomic E-state index is 11.9. The number of aliphatic hydroxyl groups is 1. The van der Waals surface area contributed by atoms with E-state index in [2.05, 4.69) is 5.32 Å². The van der Waals surface area contributed by atoms with Gasteiger partial charge in [0.2, 0.25) is 0 Å². The minimum Gasteiger partial charge on any atom is -0.456 e. The SMILES string of the molecule is CC(C)(C)OC(=O)c1ccc2c(c1)CC(O)CN2. The van der Waals surface area contributed by atoms with Gasteiger partial charge in [-0.1, -0.05) is 0 Å². The average molecular weight is 249 g/mol. The van der Waals surface area contributed by atoms with Crippen molar-refractivity contribution in [2.75, 3.05) is 11.9 Å². The molecule has 1 heterocycles. The number of fused-ring (bicyclic) bond motifs is 1. The number of ether oxygens (including phenoxy) is 1. The van der Waals surface area contributed by atoms with E-state index in [0.717, 1.165) is 11.3 Å². The molecule has 1 aromatic rings. The van der Waals surface area contributed by atoms with Gasteiger partial charge in [0.1, 0.15) is 5.60 Å². The number of esters is 1. The lowest BCUT2D eigenvalue weighted by molar-refractivity contribution is 0.00693. The second-order valence-corrected chi connectivity index (χ2v) is 5.61. The van der Waals surface area contributed by atoms with E-state index < -0.39 is 11.7 Å². The van der Waals surface area contributed by atoms with Crippen LogP contribution in [0.3, 0.4) is 0 Å². The van der Waals surface area contributed by atoms with Gasteiger partial charge in [-0.15, -0.1) is 0 Å². The number of benzene rings is 1. The maximum Gasteiger partial charge on any atom is 0.338 e. The minimum atomic E-state index is -0.495. The Bertz CT molecular complexity index is 463. The monoisotopic (exact) mass is 249 g/mol. The van der Waals surface area contributed by atoms with Crippen molar-refractivity contribution in [2.45, 2.75) is 38.9 Å². The Kier molecular flexibility index (Phi) is 3.30. The highest BCUT2D eigenvalue weighted by Crippen LogP contribution is 2.24. The molecule has 0 saturated heterocycles. The zero-order chi connectivity index (χ0) is 13.3. The third kappa shape index (κ3) is 3.01. The number of aliphatic hydroxyl groups excluding tert-OH is 1. The molecule has 0 fully saturated rings. The molecule has 0 aromatic heterocycles. The second kappa shape index (κ2) is 4.61. The highest BCUT2D eigenvalue weighted by molar-refractivity contribution is 5.90. The molecule has 4 nitrogen and oxygen atoms in total. The van der Waals surface area contributed by atoms with Gasteiger partial charge < -0.3 is 15.2 Å². The zero-order valence-corrected chi connectivity index (χ0v) is 11.0. The van der Waals surface area contributed by atoms with Crippen molar-refractivity contribution in [3.05, 3.63) is 29.3 Å². The quantitative estimate of drug-likeness (QED) is 0.747. The Balaban J connectivity index is 2.20. The number of hydrogen-bond acceptors (Lipinski definition) is 4. The summed E-state index contributed by atoms with van der Waals surface area (Å²) in [6.07, 6.45) is 0.172. The molecule has 0 aliphatic carbocycles. The molecule has 0 spiro atoms. The van der Waals surface area contributed by atoms with Gasteiger partial charge in [0.05, 0.1) is 11.7 Å². The van der Waals surface area contributed by atoms with E-state index in [4.69, 9.17) is 4.74 Å². The van der Waals surface area contributed by atoms with Crippen LogP contribution in [0.15, 0.2) is 18.2 Å². The molecule has 0 bridgehead atoms. The molecule has 1 aromatic carbocycles. The summed E-state index contributed by atoms with van der Waals surface area (Å²) in [5.74, 6) is -0.328. The van der Waals surface area contributed by atoms with E-state index in [-0.39, 0.29) is 5.97 Å². The van der Waals surface area contributed by atoms with E-state index >= 15 is 0 Å². The smallest absolute Gasteiger partial charge is 0.338 e. The highest BCUT2D eigenvalue weighted by Gasteiger charge is 2.21. The number of nitrogens with one attached hydrogen (secondary N) is 1. The van der Waals surface area contributed by atoms with Crippen LogP contribution >= 0.6 is 0 Å². The summed E-state index contributed by atoms with van der Waals surface area (Å²) < 4.78 is 5.32. The lowest BCUT2D eigenvalue weighted by Gasteiger charge is -2.24. The van der Waals surface area contributed by atoms with Crippen LogP contribution in [0, 0.1) is 0 Å². The van der Waals surface area contributed by atoms with Crippen LogP contribution in [-0.4, -0.2) is 29.3 Å². The summed E-state index contributed by atoms with van der Waals surface area (Å²) in [7, 11) is 0. The Morgan fingerprint density at radius 1 is 1.44 bits per heavy atom. The first-order chi connectivity index (χ1) is 8.35. The van der Waals surface area contributed by atoms with Crippen LogP contribution in [0.2, 0.25) is 0 Å². The van der Waals surface area contributed by atoms with E-state index in [1.165, 1.54) is 0 Å². The van der Waals surface area contributed by atoms with Gasteiger partial charge in [-0.3, -0.25) is 0 Å². The van der Waals surface area contributed by atoms with Gasteiger partial charge in [-0.2, -0.15) is 0 Å². The summed E-state index contributed by atoms with van der Waals surface area (Å²) >= 11 is 0. The molecule has 4 heteroatoms. The lowest BCUT2D eigenvalue weighted by atomic mass is 9.99. The molecule has 2 N–H and O–H groups in total. The minimum absolute atomic E-state index is 0.328.